The van der Waals surface area contributed by atoms with Gasteiger partial charge in [0.1, 0.15) is 0 Å². The van der Waals surface area contributed by atoms with Crippen LogP contribution in [0.4, 0.5) is 0 Å². The van der Waals surface area contributed by atoms with Gasteiger partial charge in [0, 0.05) is 55.8 Å². The van der Waals surface area contributed by atoms with E-state index in [1.807, 2.05) is 34.7 Å². The van der Waals surface area contributed by atoms with E-state index < -0.39 is 0 Å². The van der Waals surface area contributed by atoms with E-state index in [0.29, 0.717) is 32.7 Å². The minimum atomic E-state index is 0.102. The Kier molecular flexibility index (Phi) is 5.25. The van der Waals surface area contributed by atoms with Crippen molar-refractivity contribution in [2.75, 3.05) is 19.8 Å². The number of rotatable bonds is 6. The van der Waals surface area contributed by atoms with Gasteiger partial charge in [-0.05, 0) is 26.0 Å². The number of carbonyl (C=O) groups excluding carboxylic acids is 1. The van der Waals surface area contributed by atoms with Crippen LogP contribution in [0.1, 0.15) is 36.7 Å². The van der Waals surface area contributed by atoms with Crippen molar-refractivity contribution < 1.29 is 9.53 Å². The number of fused-ring (bicyclic) bond motifs is 1. The van der Waals surface area contributed by atoms with Gasteiger partial charge in [0.25, 0.3) is 0 Å². The number of carbonyl (C=O) groups is 1. The van der Waals surface area contributed by atoms with Crippen molar-refractivity contribution in [3.05, 3.63) is 47.5 Å². The highest BCUT2D eigenvalue weighted by atomic mass is 16.5. The Labute approximate surface area is 142 Å². The van der Waals surface area contributed by atoms with Gasteiger partial charge in [-0.25, -0.2) is 0 Å². The summed E-state index contributed by atoms with van der Waals surface area (Å²) in [6, 6.07) is 5.66. The Balaban J connectivity index is 1.76. The molecule has 2 aromatic rings. The fraction of sp³-hybridized carbons (Fsp3) is 0.500. The number of amides is 1. The van der Waals surface area contributed by atoms with Crippen LogP contribution in [0.2, 0.25) is 0 Å². The van der Waals surface area contributed by atoms with Crippen LogP contribution in [0.15, 0.2) is 30.6 Å². The van der Waals surface area contributed by atoms with Gasteiger partial charge < -0.3 is 9.64 Å². The first-order chi connectivity index (χ1) is 11.7. The molecule has 0 N–H and O–H groups in total. The van der Waals surface area contributed by atoms with Crippen LogP contribution in [0.25, 0.3) is 0 Å². The first-order valence-electron chi connectivity index (χ1n) is 8.52. The van der Waals surface area contributed by atoms with Crippen LogP contribution >= 0.6 is 0 Å². The minimum absolute atomic E-state index is 0.102. The number of aryl methyl sites for hydroxylation is 1. The molecule has 3 rings (SSSR count). The van der Waals surface area contributed by atoms with E-state index >= 15 is 0 Å². The van der Waals surface area contributed by atoms with Gasteiger partial charge >= 0.3 is 0 Å². The van der Waals surface area contributed by atoms with Crippen LogP contribution < -0.4 is 0 Å². The molecular weight excluding hydrogens is 304 g/mol. The molecule has 24 heavy (non-hydrogen) atoms. The van der Waals surface area contributed by atoms with E-state index in [1.165, 1.54) is 0 Å². The fourth-order valence-corrected chi connectivity index (χ4v) is 3.08. The summed E-state index contributed by atoms with van der Waals surface area (Å²) >= 11 is 0. The molecule has 1 aliphatic heterocycles. The quantitative estimate of drug-likeness (QED) is 0.814. The number of ether oxygens (including phenoxy) is 1. The highest BCUT2D eigenvalue weighted by molar-refractivity contribution is 5.78. The fourth-order valence-electron chi connectivity index (χ4n) is 3.08. The molecule has 3 heterocycles. The molecule has 128 valence electrons. The zero-order valence-electron chi connectivity index (χ0n) is 14.3. The van der Waals surface area contributed by atoms with E-state index in [9.17, 15) is 4.79 Å². The third-order valence-corrected chi connectivity index (χ3v) is 4.32. The molecule has 0 saturated carbocycles. The zero-order chi connectivity index (χ0) is 16.9. The normalized spacial score (nSPS) is 16.9. The van der Waals surface area contributed by atoms with Gasteiger partial charge in [-0.3, -0.25) is 14.5 Å². The van der Waals surface area contributed by atoms with Gasteiger partial charge in [0.15, 0.2) is 0 Å². The molecule has 0 radical (unpaired) electrons. The summed E-state index contributed by atoms with van der Waals surface area (Å²) in [5.74, 6) is 0.235. The predicted molar refractivity (Wildman–Crippen MR) is 90.5 cm³/mol. The molecule has 6 nitrogen and oxygen atoms in total. The molecule has 0 spiro atoms. The highest BCUT2D eigenvalue weighted by Gasteiger charge is 2.31. The van der Waals surface area contributed by atoms with E-state index in [1.54, 1.807) is 6.20 Å². The van der Waals surface area contributed by atoms with Crippen LogP contribution in [-0.2, 0) is 29.0 Å². The third-order valence-electron chi connectivity index (χ3n) is 4.32. The Bertz CT molecular complexity index is 684. The maximum atomic E-state index is 12.7. The molecule has 6 heteroatoms. The summed E-state index contributed by atoms with van der Waals surface area (Å²) in [7, 11) is 0. The van der Waals surface area contributed by atoms with Crippen molar-refractivity contribution in [2.24, 2.45) is 0 Å². The zero-order valence-corrected chi connectivity index (χ0v) is 14.3. The van der Waals surface area contributed by atoms with E-state index in [-0.39, 0.29) is 11.8 Å². The lowest BCUT2D eigenvalue weighted by Gasteiger charge is -2.32. The molecule has 0 aliphatic carbocycles. The summed E-state index contributed by atoms with van der Waals surface area (Å²) < 4.78 is 7.56. The second-order valence-corrected chi connectivity index (χ2v) is 6.02. The van der Waals surface area contributed by atoms with E-state index in [4.69, 9.17) is 4.74 Å². The van der Waals surface area contributed by atoms with Gasteiger partial charge in [0.2, 0.25) is 5.91 Å². The maximum absolute atomic E-state index is 12.7. The van der Waals surface area contributed by atoms with Crippen molar-refractivity contribution in [3.63, 3.8) is 0 Å². The van der Waals surface area contributed by atoms with Crippen molar-refractivity contribution >= 4 is 5.91 Å². The Morgan fingerprint density at radius 1 is 1.38 bits per heavy atom. The second-order valence-electron chi connectivity index (χ2n) is 6.02. The van der Waals surface area contributed by atoms with Gasteiger partial charge in [-0.2, -0.15) is 5.10 Å². The Hall–Kier alpha value is -2.21. The smallest absolute Gasteiger partial charge is 0.228 e. The monoisotopic (exact) mass is 328 g/mol. The van der Waals surface area contributed by atoms with E-state index in [2.05, 4.69) is 23.2 Å². The Morgan fingerprint density at radius 3 is 2.96 bits per heavy atom. The van der Waals surface area contributed by atoms with Crippen molar-refractivity contribution in [1.82, 2.24) is 19.7 Å². The first kappa shape index (κ1) is 16.6. The molecular formula is C18H24N4O2. The average molecular weight is 328 g/mol. The lowest BCUT2D eigenvalue weighted by molar-refractivity contribution is -0.132. The topological polar surface area (TPSA) is 60.2 Å². The molecule has 1 aliphatic rings. The average Bonchev–Trinajstić information content (AvgIpc) is 3.03. The van der Waals surface area contributed by atoms with Crippen LogP contribution in [0.3, 0.4) is 0 Å². The third kappa shape index (κ3) is 3.64. The molecule has 0 bridgehead atoms. The molecule has 1 amide bonds. The predicted octanol–water partition coefficient (Wildman–Crippen LogP) is 2.00. The Morgan fingerprint density at radius 2 is 2.25 bits per heavy atom. The molecule has 0 saturated heterocycles. The van der Waals surface area contributed by atoms with Crippen molar-refractivity contribution in [3.8, 4) is 0 Å². The SMILES string of the molecule is CCOC[C@H]1CN(C(=O)Cc2ccccn2)Cc2cn(CC)nc21. The number of pyridine rings is 1. The van der Waals surface area contributed by atoms with Gasteiger partial charge in [0.05, 0.1) is 18.7 Å². The first-order valence-corrected chi connectivity index (χ1v) is 8.52. The lowest BCUT2D eigenvalue weighted by atomic mass is 9.97. The summed E-state index contributed by atoms with van der Waals surface area (Å²) in [4.78, 5) is 18.9. The summed E-state index contributed by atoms with van der Waals surface area (Å²) in [5, 5.41) is 4.67. The van der Waals surface area contributed by atoms with Crippen LogP contribution in [-0.4, -0.2) is 45.3 Å². The maximum Gasteiger partial charge on any atom is 0.228 e. The van der Waals surface area contributed by atoms with Gasteiger partial charge in [-0.1, -0.05) is 6.07 Å². The summed E-state index contributed by atoms with van der Waals surface area (Å²) in [6.45, 7) is 7.41. The van der Waals surface area contributed by atoms with Crippen LogP contribution in [0, 0.1) is 0 Å². The highest BCUT2D eigenvalue weighted by Crippen LogP contribution is 2.28. The minimum Gasteiger partial charge on any atom is -0.381 e. The standard InChI is InChI=1S/C18H24N4O2/c1-3-22-12-14-10-21(11-15(13-24-4-2)18(14)20-22)17(23)9-16-7-5-6-8-19-16/h5-8,12,15H,3-4,9-11,13H2,1-2H3/t15-/m1/s1. The largest absolute Gasteiger partial charge is 0.381 e. The van der Waals surface area contributed by atoms with E-state index in [0.717, 1.165) is 23.5 Å². The number of hydrogen-bond acceptors (Lipinski definition) is 4. The second kappa shape index (κ2) is 7.57. The molecule has 2 aromatic heterocycles. The molecule has 1 atom stereocenters. The molecule has 0 aromatic carbocycles. The number of nitrogens with zero attached hydrogens (tertiary/aromatic N) is 4. The lowest BCUT2D eigenvalue weighted by Crippen LogP contribution is -2.40. The number of hydrogen-bond donors (Lipinski definition) is 0. The van der Waals surface area contributed by atoms with Crippen molar-refractivity contribution in [2.45, 2.75) is 39.3 Å². The summed E-state index contributed by atoms with van der Waals surface area (Å²) in [5.41, 5.74) is 3.01. The van der Waals surface area contributed by atoms with Crippen molar-refractivity contribution in [1.29, 1.82) is 0 Å². The number of aromatic nitrogens is 3. The van der Waals surface area contributed by atoms with Crippen LogP contribution in [0.5, 0.6) is 0 Å². The molecule has 0 unspecified atom stereocenters. The summed E-state index contributed by atoms with van der Waals surface area (Å²) in [6.07, 6.45) is 4.11. The van der Waals surface area contributed by atoms with Gasteiger partial charge in [-0.15, -0.1) is 0 Å². The molecule has 0 fully saturated rings.